The Hall–Kier alpha value is -1.85. The van der Waals surface area contributed by atoms with Gasteiger partial charge in [0.1, 0.15) is 11.5 Å². The van der Waals surface area contributed by atoms with Crippen LogP contribution in [-0.4, -0.2) is 56.7 Å². The lowest BCUT2D eigenvalue weighted by atomic mass is 10.1. The van der Waals surface area contributed by atoms with Crippen molar-refractivity contribution in [2.24, 2.45) is 4.99 Å². The number of ether oxygens (including phenoxy) is 2. The Morgan fingerprint density at radius 2 is 1.96 bits per heavy atom. The van der Waals surface area contributed by atoms with Gasteiger partial charge in [0.2, 0.25) is 5.91 Å². The van der Waals surface area contributed by atoms with Crippen molar-refractivity contribution in [3.05, 3.63) is 23.8 Å². The zero-order chi connectivity index (χ0) is 20.6. The van der Waals surface area contributed by atoms with E-state index in [4.69, 9.17) is 4.74 Å². The maximum Gasteiger partial charge on any atom is 0.387 e. The van der Waals surface area contributed by atoms with Crippen molar-refractivity contribution in [2.75, 3.05) is 27.7 Å². The van der Waals surface area contributed by atoms with E-state index in [1.807, 2.05) is 20.8 Å². The highest BCUT2D eigenvalue weighted by atomic mass is 127. The molecule has 0 aliphatic heterocycles. The van der Waals surface area contributed by atoms with Crippen LogP contribution in [0, 0.1) is 0 Å². The number of nitrogens with one attached hydrogen (secondary N) is 2. The van der Waals surface area contributed by atoms with Crippen LogP contribution < -0.4 is 20.1 Å². The molecule has 0 spiro atoms. The Morgan fingerprint density at radius 1 is 1.32 bits per heavy atom. The highest BCUT2D eigenvalue weighted by Gasteiger charge is 2.17. The number of methoxy groups -OCH3 is 1. The number of carbonyl (C=O) groups is 1. The van der Waals surface area contributed by atoms with Crippen molar-refractivity contribution >= 4 is 35.8 Å². The van der Waals surface area contributed by atoms with Crippen LogP contribution in [0.1, 0.15) is 26.3 Å². The molecule has 0 bridgehead atoms. The summed E-state index contributed by atoms with van der Waals surface area (Å²) in [6, 6.07) is 4.67. The molecular formula is C18H29F2IN4O3. The molecule has 1 aromatic carbocycles. The second-order valence-electron chi connectivity index (χ2n) is 6.91. The SMILES string of the molecule is CN=C(NCc1ccc(OC)cc1OC(F)F)N(C)CC(=O)NC(C)(C)C.I. The second-order valence-corrected chi connectivity index (χ2v) is 6.91. The standard InChI is InChI=1S/C18H28F2N4O3.HI/c1-18(2,3)23-15(25)11-24(5)17(21-4)22-10-12-7-8-13(26-6)9-14(12)27-16(19)20;/h7-9,16H,10-11H2,1-6H3,(H,21,22)(H,23,25);1H. The van der Waals surface area contributed by atoms with E-state index in [-0.39, 0.29) is 54.3 Å². The zero-order valence-electron chi connectivity index (χ0n) is 17.0. The molecule has 0 aromatic heterocycles. The van der Waals surface area contributed by atoms with Crippen molar-refractivity contribution in [3.63, 3.8) is 0 Å². The number of alkyl halides is 2. The fraction of sp³-hybridized carbons (Fsp3) is 0.556. The fourth-order valence-corrected chi connectivity index (χ4v) is 2.32. The first-order valence-corrected chi connectivity index (χ1v) is 8.40. The Morgan fingerprint density at radius 3 is 2.46 bits per heavy atom. The number of carbonyl (C=O) groups excluding carboxylic acids is 1. The predicted octanol–water partition coefficient (Wildman–Crippen LogP) is 2.84. The number of halogens is 3. The number of amides is 1. The smallest absolute Gasteiger partial charge is 0.387 e. The largest absolute Gasteiger partial charge is 0.497 e. The molecule has 1 amide bonds. The summed E-state index contributed by atoms with van der Waals surface area (Å²) in [6.45, 7) is 3.02. The summed E-state index contributed by atoms with van der Waals surface area (Å²) in [4.78, 5) is 17.8. The van der Waals surface area contributed by atoms with Gasteiger partial charge in [-0.25, -0.2) is 0 Å². The van der Waals surface area contributed by atoms with Gasteiger partial charge in [-0.05, 0) is 32.9 Å². The van der Waals surface area contributed by atoms with Gasteiger partial charge in [-0.2, -0.15) is 8.78 Å². The molecule has 0 saturated heterocycles. The molecule has 1 rings (SSSR count). The molecule has 0 aliphatic carbocycles. The van der Waals surface area contributed by atoms with Crippen LogP contribution in [0.3, 0.4) is 0 Å². The van der Waals surface area contributed by atoms with Crippen LogP contribution in [0.15, 0.2) is 23.2 Å². The van der Waals surface area contributed by atoms with Crippen molar-refractivity contribution in [2.45, 2.75) is 39.5 Å². The number of aliphatic imine (C=N–C) groups is 1. The van der Waals surface area contributed by atoms with Gasteiger partial charge < -0.3 is 25.0 Å². The Labute approximate surface area is 181 Å². The summed E-state index contributed by atoms with van der Waals surface area (Å²) in [5, 5.41) is 5.90. The van der Waals surface area contributed by atoms with Crippen molar-refractivity contribution < 1.29 is 23.0 Å². The molecule has 0 unspecified atom stereocenters. The maximum atomic E-state index is 12.6. The topological polar surface area (TPSA) is 75.2 Å². The molecule has 0 saturated carbocycles. The Bertz CT molecular complexity index is 667. The van der Waals surface area contributed by atoms with Gasteiger partial charge in [-0.3, -0.25) is 9.79 Å². The minimum absolute atomic E-state index is 0. The zero-order valence-corrected chi connectivity index (χ0v) is 19.3. The van der Waals surface area contributed by atoms with Gasteiger partial charge in [-0.1, -0.05) is 0 Å². The maximum absolute atomic E-state index is 12.6. The Kier molecular flexibility index (Phi) is 11.1. The molecule has 0 heterocycles. The van der Waals surface area contributed by atoms with Gasteiger partial charge in [0.25, 0.3) is 0 Å². The minimum Gasteiger partial charge on any atom is -0.497 e. The lowest BCUT2D eigenvalue weighted by Gasteiger charge is -2.25. The first-order valence-electron chi connectivity index (χ1n) is 8.40. The number of guanidine groups is 1. The molecule has 10 heteroatoms. The van der Waals surface area contributed by atoms with E-state index in [1.165, 1.54) is 13.2 Å². The quantitative estimate of drug-likeness (QED) is 0.333. The third-order valence-corrected chi connectivity index (χ3v) is 3.40. The molecule has 7 nitrogen and oxygen atoms in total. The first kappa shape index (κ1) is 26.1. The highest BCUT2D eigenvalue weighted by molar-refractivity contribution is 14.0. The predicted molar refractivity (Wildman–Crippen MR) is 116 cm³/mol. The third-order valence-electron chi connectivity index (χ3n) is 3.40. The lowest BCUT2D eigenvalue weighted by Crippen LogP contribution is -2.48. The first-order chi connectivity index (χ1) is 12.6. The van der Waals surface area contributed by atoms with Gasteiger partial charge >= 0.3 is 6.61 Å². The normalized spacial score (nSPS) is 11.5. The molecule has 28 heavy (non-hydrogen) atoms. The van der Waals surface area contributed by atoms with E-state index in [9.17, 15) is 13.6 Å². The highest BCUT2D eigenvalue weighted by Crippen LogP contribution is 2.26. The summed E-state index contributed by atoms with van der Waals surface area (Å²) in [7, 11) is 4.73. The van der Waals surface area contributed by atoms with Crippen LogP contribution in [-0.2, 0) is 11.3 Å². The lowest BCUT2D eigenvalue weighted by molar-refractivity contribution is -0.122. The summed E-state index contributed by atoms with van der Waals surface area (Å²) in [6.07, 6.45) is 0. The third kappa shape index (κ3) is 9.38. The molecule has 0 aliphatic rings. The fourth-order valence-electron chi connectivity index (χ4n) is 2.32. The number of benzene rings is 1. The van der Waals surface area contributed by atoms with E-state index in [2.05, 4.69) is 20.4 Å². The van der Waals surface area contributed by atoms with E-state index in [0.29, 0.717) is 17.3 Å². The average molecular weight is 514 g/mol. The van der Waals surface area contributed by atoms with E-state index in [0.717, 1.165) is 0 Å². The molecule has 1 aromatic rings. The molecule has 0 fully saturated rings. The van der Waals surface area contributed by atoms with Crippen LogP contribution in [0.5, 0.6) is 11.5 Å². The van der Waals surface area contributed by atoms with Crippen LogP contribution in [0.4, 0.5) is 8.78 Å². The van der Waals surface area contributed by atoms with Crippen LogP contribution in [0.2, 0.25) is 0 Å². The monoisotopic (exact) mass is 514 g/mol. The van der Waals surface area contributed by atoms with Crippen LogP contribution >= 0.6 is 24.0 Å². The summed E-state index contributed by atoms with van der Waals surface area (Å²) in [5.41, 5.74) is 0.171. The van der Waals surface area contributed by atoms with E-state index in [1.54, 1.807) is 31.1 Å². The number of rotatable bonds is 7. The second kappa shape index (κ2) is 11.9. The van der Waals surface area contributed by atoms with Crippen molar-refractivity contribution in [1.29, 1.82) is 0 Å². The number of likely N-dealkylation sites (N-methyl/N-ethyl adjacent to an activating group) is 1. The molecule has 2 N–H and O–H groups in total. The minimum atomic E-state index is -2.95. The molecular weight excluding hydrogens is 485 g/mol. The summed E-state index contributed by atoms with van der Waals surface area (Å²) < 4.78 is 34.9. The number of hydrogen-bond donors (Lipinski definition) is 2. The summed E-state index contributed by atoms with van der Waals surface area (Å²) >= 11 is 0. The summed E-state index contributed by atoms with van der Waals surface area (Å²) in [5.74, 6) is 0.715. The number of nitrogens with zero attached hydrogens (tertiary/aromatic N) is 2. The molecule has 0 atom stereocenters. The van der Waals surface area contributed by atoms with E-state index < -0.39 is 6.61 Å². The van der Waals surface area contributed by atoms with Gasteiger partial charge in [-0.15, -0.1) is 24.0 Å². The van der Waals surface area contributed by atoms with Gasteiger partial charge in [0.15, 0.2) is 5.96 Å². The molecule has 0 radical (unpaired) electrons. The van der Waals surface area contributed by atoms with Gasteiger partial charge in [0, 0.05) is 37.8 Å². The average Bonchev–Trinajstić information content (AvgIpc) is 2.53. The van der Waals surface area contributed by atoms with Gasteiger partial charge in [0.05, 0.1) is 13.7 Å². The Balaban J connectivity index is 0.00000729. The van der Waals surface area contributed by atoms with Crippen molar-refractivity contribution in [1.82, 2.24) is 15.5 Å². The number of hydrogen-bond acceptors (Lipinski definition) is 4. The van der Waals surface area contributed by atoms with E-state index >= 15 is 0 Å². The van der Waals surface area contributed by atoms with Crippen molar-refractivity contribution in [3.8, 4) is 11.5 Å². The molecule has 160 valence electrons. The van der Waals surface area contributed by atoms with Crippen LogP contribution in [0.25, 0.3) is 0 Å².